The first kappa shape index (κ1) is 24.3. The Hall–Kier alpha value is 0. The monoisotopic (exact) mass is 218 g/mol. The Kier molecular flexibility index (Phi) is 17.0. The van der Waals surface area contributed by atoms with Crippen LogP contribution in [0, 0.1) is 17.3 Å². The molecule has 0 saturated heterocycles. The van der Waals surface area contributed by atoms with Crippen LogP contribution in [0.5, 0.6) is 0 Å². The van der Waals surface area contributed by atoms with Crippen LogP contribution in [0.2, 0.25) is 0 Å². The molecule has 2 unspecified atom stereocenters. The predicted molar refractivity (Wildman–Crippen MR) is 77.5 cm³/mol. The number of rotatable bonds is 5. The van der Waals surface area contributed by atoms with E-state index in [1.165, 1.54) is 19.3 Å². The predicted octanol–water partition coefficient (Wildman–Crippen LogP) is 6.40. The first-order valence-electron chi connectivity index (χ1n) is 5.46. The first-order valence-corrected chi connectivity index (χ1v) is 5.46. The van der Waals surface area contributed by atoms with E-state index >= 15 is 0 Å². The van der Waals surface area contributed by atoms with Crippen LogP contribution in [0.15, 0.2) is 0 Å². The summed E-state index contributed by atoms with van der Waals surface area (Å²) in [5.41, 5.74) is 0.519. The van der Waals surface area contributed by atoms with Gasteiger partial charge < -0.3 is 0 Å². The van der Waals surface area contributed by atoms with Crippen LogP contribution in [0.3, 0.4) is 0 Å². The largest absolute Gasteiger partial charge is 0.0776 e. The van der Waals surface area contributed by atoms with Crippen LogP contribution < -0.4 is 0 Å². The lowest BCUT2D eigenvalue weighted by molar-refractivity contribution is 0.127. The molecule has 0 aromatic rings. The van der Waals surface area contributed by atoms with E-state index in [0.717, 1.165) is 11.8 Å². The zero-order valence-corrected chi connectivity index (χ0v) is 9.78. The summed E-state index contributed by atoms with van der Waals surface area (Å²) in [6.45, 7) is 14.2. The average Bonchev–Trinajstić information content (AvgIpc) is 2.03. The molecule has 0 aliphatic heterocycles. The maximum atomic E-state index is 2.42. The Balaban J connectivity index is -0.000000202. The highest BCUT2D eigenvalue weighted by molar-refractivity contribution is 4.79. The third-order valence-corrected chi connectivity index (χ3v) is 3.87. The fraction of sp³-hybridized carbons (Fsp3) is 1.00. The molecule has 2 atom stereocenters. The van der Waals surface area contributed by atoms with Gasteiger partial charge in [-0.2, -0.15) is 0 Å². The van der Waals surface area contributed by atoms with Crippen molar-refractivity contribution < 1.29 is 0 Å². The Bertz CT molecular complexity index is 113. The van der Waals surface area contributed by atoms with E-state index in [-0.39, 0.29) is 22.3 Å². The van der Waals surface area contributed by atoms with E-state index in [4.69, 9.17) is 0 Å². The Morgan fingerprint density at radius 2 is 1.27 bits per heavy atom. The smallest absolute Gasteiger partial charge is 0.0303 e. The van der Waals surface area contributed by atoms with Gasteiger partial charge in [-0.25, -0.2) is 0 Å². The minimum Gasteiger partial charge on any atom is -0.0776 e. The summed E-state index contributed by atoms with van der Waals surface area (Å²) >= 11 is 0. The maximum Gasteiger partial charge on any atom is -0.0303 e. The van der Waals surface area contributed by atoms with E-state index in [2.05, 4.69) is 41.5 Å². The fourth-order valence-electron chi connectivity index (χ4n) is 1.82. The van der Waals surface area contributed by atoms with Gasteiger partial charge in [0, 0.05) is 0 Å². The number of hydrogen-bond acceptors (Lipinski definition) is 0. The minimum absolute atomic E-state index is 0. The highest BCUT2D eigenvalue weighted by atomic mass is 14.3. The summed E-state index contributed by atoms with van der Waals surface area (Å²) in [6.07, 6.45) is 4.00. The van der Waals surface area contributed by atoms with Crippen molar-refractivity contribution >= 4 is 0 Å². The third-order valence-electron chi connectivity index (χ3n) is 3.87. The van der Waals surface area contributed by atoms with Gasteiger partial charge >= 0.3 is 0 Å². The third kappa shape index (κ3) is 6.98. The molecule has 0 fully saturated rings. The van der Waals surface area contributed by atoms with Gasteiger partial charge in [-0.1, -0.05) is 83.1 Å². The van der Waals surface area contributed by atoms with E-state index in [0.29, 0.717) is 5.41 Å². The zero-order chi connectivity index (χ0) is 9.78. The highest BCUT2D eigenvalue weighted by Gasteiger charge is 2.29. The summed E-state index contributed by atoms with van der Waals surface area (Å²) in [4.78, 5) is 0. The van der Waals surface area contributed by atoms with Gasteiger partial charge in [-0.05, 0) is 17.3 Å². The van der Waals surface area contributed by atoms with E-state index in [1.54, 1.807) is 0 Å². The molecule has 0 nitrogen and oxygen atoms in total. The van der Waals surface area contributed by atoms with Crippen LogP contribution in [0.1, 0.15) is 83.1 Å². The summed E-state index contributed by atoms with van der Waals surface area (Å²) in [6, 6.07) is 0. The molecule has 0 amide bonds. The Morgan fingerprint density at radius 3 is 1.53 bits per heavy atom. The van der Waals surface area contributed by atoms with E-state index < -0.39 is 0 Å². The van der Waals surface area contributed by atoms with Gasteiger partial charge in [0.15, 0.2) is 0 Å². The second-order valence-electron chi connectivity index (χ2n) is 4.82. The summed E-state index contributed by atoms with van der Waals surface area (Å²) in [7, 11) is 0. The minimum atomic E-state index is 0. The van der Waals surface area contributed by atoms with Gasteiger partial charge in [0.05, 0.1) is 0 Å². The second-order valence-corrected chi connectivity index (χ2v) is 4.82. The van der Waals surface area contributed by atoms with Crippen LogP contribution >= 0.6 is 0 Å². The van der Waals surface area contributed by atoms with Crippen LogP contribution in [0.4, 0.5) is 0 Å². The lowest BCUT2D eigenvalue weighted by Gasteiger charge is -2.37. The molecule has 0 aromatic heterocycles. The molecule has 0 heterocycles. The van der Waals surface area contributed by atoms with Crippen molar-refractivity contribution in [3.63, 3.8) is 0 Å². The van der Waals surface area contributed by atoms with Crippen LogP contribution in [0.25, 0.3) is 0 Å². The molecule has 0 radical (unpaired) electrons. The van der Waals surface area contributed by atoms with Gasteiger partial charge in [-0.3, -0.25) is 0 Å². The Morgan fingerprint density at radius 1 is 0.867 bits per heavy atom. The molecule has 0 heteroatoms. The molecular weight excluding hydrogens is 180 g/mol. The van der Waals surface area contributed by atoms with E-state index in [9.17, 15) is 0 Å². The molecule has 98 valence electrons. The summed E-state index contributed by atoms with van der Waals surface area (Å²) < 4.78 is 0. The molecule has 0 aromatic carbocycles. The first-order chi connectivity index (χ1) is 5.46. The van der Waals surface area contributed by atoms with Crippen molar-refractivity contribution in [2.45, 2.75) is 83.1 Å². The van der Waals surface area contributed by atoms with Crippen molar-refractivity contribution in [2.24, 2.45) is 17.3 Å². The van der Waals surface area contributed by atoms with Gasteiger partial charge in [0.25, 0.3) is 0 Å². The summed E-state index contributed by atoms with van der Waals surface area (Å²) in [5.74, 6) is 1.71. The SMILES string of the molecule is C.C.C.CCCC(C)C(C)(C)C(C)CC. The molecule has 0 aliphatic rings. The highest BCUT2D eigenvalue weighted by Crippen LogP contribution is 2.38. The zero-order valence-electron chi connectivity index (χ0n) is 9.78. The molecule has 0 spiro atoms. The lowest BCUT2D eigenvalue weighted by Crippen LogP contribution is -2.28. The molecule has 0 rings (SSSR count). The molecule has 0 bridgehead atoms. The molecular formula is C15H38. The second kappa shape index (κ2) is 10.5. The van der Waals surface area contributed by atoms with E-state index in [1.807, 2.05) is 0 Å². The quantitative estimate of drug-likeness (QED) is 0.500. The van der Waals surface area contributed by atoms with Gasteiger partial charge in [-0.15, -0.1) is 0 Å². The van der Waals surface area contributed by atoms with Gasteiger partial charge in [0.1, 0.15) is 0 Å². The van der Waals surface area contributed by atoms with Crippen molar-refractivity contribution in [1.82, 2.24) is 0 Å². The standard InChI is InChI=1S/C12H26.3CH4/c1-7-9-11(4)12(5,6)10(3)8-2;;;/h10-11H,7-9H2,1-6H3;3*1H4. The lowest BCUT2D eigenvalue weighted by atomic mass is 9.68. The normalized spacial score (nSPS) is 14.0. The average molecular weight is 218 g/mol. The molecule has 15 heavy (non-hydrogen) atoms. The van der Waals surface area contributed by atoms with Crippen molar-refractivity contribution in [1.29, 1.82) is 0 Å². The van der Waals surface area contributed by atoms with Gasteiger partial charge in [0.2, 0.25) is 0 Å². The summed E-state index contributed by atoms with van der Waals surface area (Å²) in [5, 5.41) is 0. The van der Waals surface area contributed by atoms with Crippen molar-refractivity contribution in [2.75, 3.05) is 0 Å². The topological polar surface area (TPSA) is 0 Å². The van der Waals surface area contributed by atoms with Crippen LogP contribution in [-0.2, 0) is 0 Å². The molecule has 0 N–H and O–H groups in total. The number of hydrogen-bond donors (Lipinski definition) is 0. The van der Waals surface area contributed by atoms with Crippen molar-refractivity contribution in [3.05, 3.63) is 0 Å². The molecule has 0 saturated carbocycles. The molecule has 0 aliphatic carbocycles. The van der Waals surface area contributed by atoms with Crippen LogP contribution in [-0.4, -0.2) is 0 Å². The Labute approximate surface area is 101 Å². The maximum absolute atomic E-state index is 2.42. The van der Waals surface area contributed by atoms with Crippen molar-refractivity contribution in [3.8, 4) is 0 Å². The fourth-order valence-corrected chi connectivity index (χ4v) is 1.82.